The van der Waals surface area contributed by atoms with Gasteiger partial charge in [-0.1, -0.05) is 6.07 Å². The summed E-state index contributed by atoms with van der Waals surface area (Å²) in [6.07, 6.45) is 5.23. The molecule has 4 heteroatoms. The fraction of sp³-hybridized carbons (Fsp3) is 0.462. The lowest BCUT2D eigenvalue weighted by Crippen LogP contribution is -2.27. The molecule has 0 aromatic carbocycles. The lowest BCUT2D eigenvalue weighted by atomic mass is 10.2. The molecule has 3 heterocycles. The van der Waals surface area contributed by atoms with E-state index in [2.05, 4.69) is 27.4 Å². The van der Waals surface area contributed by atoms with Crippen LogP contribution < -0.4 is 5.32 Å². The van der Waals surface area contributed by atoms with Crippen molar-refractivity contribution < 1.29 is 0 Å². The summed E-state index contributed by atoms with van der Waals surface area (Å²) in [6.45, 7) is 5.56. The third-order valence-corrected chi connectivity index (χ3v) is 3.33. The predicted octanol–water partition coefficient (Wildman–Crippen LogP) is 1.13. The zero-order valence-electron chi connectivity index (χ0n) is 9.97. The average molecular weight is 230 g/mol. The maximum absolute atomic E-state index is 4.38. The molecule has 1 saturated heterocycles. The van der Waals surface area contributed by atoms with Crippen LogP contribution in [0.3, 0.4) is 0 Å². The van der Waals surface area contributed by atoms with Gasteiger partial charge in [0.05, 0.1) is 11.7 Å². The van der Waals surface area contributed by atoms with Gasteiger partial charge in [0.2, 0.25) is 0 Å². The Morgan fingerprint density at radius 2 is 2.24 bits per heavy atom. The molecule has 1 aliphatic rings. The second-order valence-electron chi connectivity index (χ2n) is 4.58. The van der Waals surface area contributed by atoms with E-state index in [1.165, 1.54) is 24.0 Å². The number of rotatable bonds is 2. The van der Waals surface area contributed by atoms with Crippen molar-refractivity contribution in [2.24, 2.45) is 0 Å². The van der Waals surface area contributed by atoms with E-state index >= 15 is 0 Å². The van der Waals surface area contributed by atoms with Crippen LogP contribution in [0.4, 0.5) is 0 Å². The maximum atomic E-state index is 4.38. The van der Waals surface area contributed by atoms with Crippen molar-refractivity contribution in [3.05, 3.63) is 36.2 Å². The molecule has 0 unspecified atom stereocenters. The van der Waals surface area contributed by atoms with Gasteiger partial charge in [-0.25, -0.2) is 4.52 Å². The Balaban J connectivity index is 1.79. The molecule has 0 radical (unpaired) electrons. The highest BCUT2D eigenvalue weighted by Crippen LogP contribution is 2.13. The number of nitrogens with zero attached hydrogens (tertiary/aromatic N) is 3. The smallest absolute Gasteiger partial charge is 0.0706 e. The van der Waals surface area contributed by atoms with Crippen LogP contribution in [0.5, 0.6) is 0 Å². The molecular weight excluding hydrogens is 212 g/mol. The highest BCUT2D eigenvalue weighted by atomic mass is 15.2. The molecule has 4 nitrogen and oxygen atoms in total. The van der Waals surface area contributed by atoms with Gasteiger partial charge in [-0.2, -0.15) is 5.10 Å². The van der Waals surface area contributed by atoms with Crippen molar-refractivity contribution in [3.63, 3.8) is 0 Å². The summed E-state index contributed by atoms with van der Waals surface area (Å²) in [5.74, 6) is 0. The maximum Gasteiger partial charge on any atom is 0.0706 e. The van der Waals surface area contributed by atoms with Crippen molar-refractivity contribution in [3.8, 4) is 0 Å². The van der Waals surface area contributed by atoms with E-state index < -0.39 is 0 Å². The van der Waals surface area contributed by atoms with Gasteiger partial charge in [0.25, 0.3) is 0 Å². The third-order valence-electron chi connectivity index (χ3n) is 3.33. The van der Waals surface area contributed by atoms with Crippen LogP contribution in [-0.4, -0.2) is 40.7 Å². The minimum absolute atomic E-state index is 1.01. The summed E-state index contributed by atoms with van der Waals surface area (Å²) in [4.78, 5) is 2.50. The van der Waals surface area contributed by atoms with Crippen LogP contribution in [0.15, 0.2) is 30.6 Å². The first-order chi connectivity index (χ1) is 8.43. The molecule has 0 atom stereocenters. The van der Waals surface area contributed by atoms with Crippen LogP contribution in [0.25, 0.3) is 5.52 Å². The highest BCUT2D eigenvalue weighted by Gasteiger charge is 2.11. The molecule has 0 aliphatic carbocycles. The van der Waals surface area contributed by atoms with Gasteiger partial charge in [-0.05, 0) is 31.6 Å². The Labute approximate surface area is 101 Å². The quantitative estimate of drug-likeness (QED) is 0.839. The molecule has 17 heavy (non-hydrogen) atoms. The lowest BCUT2D eigenvalue weighted by molar-refractivity contribution is 0.285. The van der Waals surface area contributed by atoms with Gasteiger partial charge in [0, 0.05) is 31.4 Å². The summed E-state index contributed by atoms with van der Waals surface area (Å²) in [6, 6.07) is 6.22. The van der Waals surface area contributed by atoms with Crippen molar-refractivity contribution >= 4 is 5.52 Å². The summed E-state index contributed by atoms with van der Waals surface area (Å²) in [5, 5.41) is 7.81. The van der Waals surface area contributed by atoms with Crippen molar-refractivity contribution in [2.45, 2.75) is 13.0 Å². The zero-order chi connectivity index (χ0) is 11.5. The topological polar surface area (TPSA) is 32.6 Å². The standard InChI is InChI=1S/C13H18N4/c1-2-8-17-13(4-1)12(10-15-17)11-16-7-3-5-14-6-9-16/h1-2,4,8,10,14H,3,5-7,9,11H2. The molecule has 0 bridgehead atoms. The Bertz CT molecular complexity index is 483. The van der Waals surface area contributed by atoms with Crippen LogP contribution in [0, 0.1) is 0 Å². The molecule has 1 N–H and O–H groups in total. The van der Waals surface area contributed by atoms with Crippen molar-refractivity contribution in [1.29, 1.82) is 0 Å². The van der Waals surface area contributed by atoms with Crippen LogP contribution in [0.2, 0.25) is 0 Å². The van der Waals surface area contributed by atoms with E-state index in [1.54, 1.807) is 0 Å². The van der Waals surface area contributed by atoms with Gasteiger partial charge < -0.3 is 5.32 Å². The van der Waals surface area contributed by atoms with Gasteiger partial charge in [0.1, 0.15) is 0 Å². The summed E-state index contributed by atoms with van der Waals surface area (Å²) in [7, 11) is 0. The first kappa shape index (κ1) is 10.7. The van der Waals surface area contributed by atoms with Gasteiger partial charge in [0.15, 0.2) is 0 Å². The average Bonchev–Trinajstić information content (AvgIpc) is 2.59. The number of hydrogen-bond donors (Lipinski definition) is 1. The molecule has 0 spiro atoms. The molecule has 3 rings (SSSR count). The van der Waals surface area contributed by atoms with Crippen molar-refractivity contribution in [2.75, 3.05) is 26.2 Å². The molecule has 90 valence electrons. The van der Waals surface area contributed by atoms with Crippen LogP contribution >= 0.6 is 0 Å². The molecular formula is C13H18N4. The van der Waals surface area contributed by atoms with E-state index in [-0.39, 0.29) is 0 Å². The van der Waals surface area contributed by atoms with E-state index in [0.717, 1.165) is 26.2 Å². The third kappa shape index (κ3) is 2.33. The van der Waals surface area contributed by atoms with Gasteiger partial charge in [-0.15, -0.1) is 0 Å². The minimum Gasteiger partial charge on any atom is -0.315 e. The van der Waals surface area contributed by atoms with Crippen molar-refractivity contribution in [1.82, 2.24) is 19.8 Å². The van der Waals surface area contributed by atoms with Crippen LogP contribution in [-0.2, 0) is 6.54 Å². The highest BCUT2D eigenvalue weighted by molar-refractivity contribution is 5.53. The molecule has 2 aromatic rings. The monoisotopic (exact) mass is 230 g/mol. The van der Waals surface area contributed by atoms with E-state index in [0.29, 0.717) is 0 Å². The summed E-state index contributed by atoms with van der Waals surface area (Å²) < 4.78 is 1.95. The fourth-order valence-electron chi connectivity index (χ4n) is 2.41. The molecule has 1 aliphatic heterocycles. The van der Waals surface area contributed by atoms with Gasteiger partial charge in [-0.3, -0.25) is 4.90 Å². The lowest BCUT2D eigenvalue weighted by Gasteiger charge is -2.18. The molecule has 1 fully saturated rings. The first-order valence-corrected chi connectivity index (χ1v) is 6.28. The van der Waals surface area contributed by atoms with Crippen LogP contribution in [0.1, 0.15) is 12.0 Å². The Hall–Kier alpha value is -1.39. The second-order valence-corrected chi connectivity index (χ2v) is 4.58. The minimum atomic E-state index is 1.01. The first-order valence-electron chi connectivity index (χ1n) is 6.28. The van der Waals surface area contributed by atoms with E-state index in [1.807, 2.05) is 23.0 Å². The largest absolute Gasteiger partial charge is 0.315 e. The second kappa shape index (κ2) is 4.85. The molecule has 0 amide bonds. The number of aromatic nitrogens is 2. The number of fused-ring (bicyclic) bond motifs is 1. The Kier molecular flexibility index (Phi) is 3.07. The fourth-order valence-corrected chi connectivity index (χ4v) is 2.41. The van der Waals surface area contributed by atoms with E-state index in [4.69, 9.17) is 0 Å². The summed E-state index contributed by atoms with van der Waals surface area (Å²) >= 11 is 0. The number of hydrogen-bond acceptors (Lipinski definition) is 3. The normalized spacial score (nSPS) is 18.4. The summed E-state index contributed by atoms with van der Waals surface area (Å²) in [5.41, 5.74) is 2.55. The Morgan fingerprint density at radius 1 is 1.24 bits per heavy atom. The van der Waals surface area contributed by atoms with Gasteiger partial charge >= 0.3 is 0 Å². The number of nitrogens with one attached hydrogen (secondary N) is 1. The SMILES string of the molecule is c1ccn2ncc(CN3CCCNCC3)c2c1. The predicted molar refractivity (Wildman–Crippen MR) is 68.0 cm³/mol. The van der Waals surface area contributed by atoms with E-state index in [9.17, 15) is 0 Å². The molecule has 2 aromatic heterocycles. The zero-order valence-corrected chi connectivity index (χ0v) is 9.97. The molecule has 0 saturated carbocycles. The number of pyridine rings is 1. The Morgan fingerprint density at radius 3 is 3.24 bits per heavy atom.